The van der Waals surface area contributed by atoms with E-state index in [-0.39, 0.29) is 0 Å². The Hall–Kier alpha value is 0.200. The van der Waals surface area contributed by atoms with E-state index in [2.05, 4.69) is 41.8 Å². The van der Waals surface area contributed by atoms with Gasteiger partial charge >= 0.3 is 0 Å². The van der Waals surface area contributed by atoms with Gasteiger partial charge in [0, 0.05) is 16.9 Å². The van der Waals surface area contributed by atoms with Crippen molar-refractivity contribution < 1.29 is 4.79 Å². The van der Waals surface area contributed by atoms with Gasteiger partial charge in [0.15, 0.2) is 0 Å². The molecule has 0 aromatic carbocycles. The molecular formula is C17H28INO. The molecule has 3 heteroatoms. The molecule has 4 aliphatic carbocycles. The standard InChI is InChI=1S/C17H28INO/c1-11(2)15(10-18)19-16(20)9-17-6-12-3-13(7-17)5-14(4-12)8-17/h11-15H,3-10H2,1-2H3,(H,19,20). The van der Waals surface area contributed by atoms with Gasteiger partial charge in [0.2, 0.25) is 5.91 Å². The molecule has 20 heavy (non-hydrogen) atoms. The third kappa shape index (κ3) is 3.02. The highest BCUT2D eigenvalue weighted by Crippen LogP contribution is 2.61. The summed E-state index contributed by atoms with van der Waals surface area (Å²) in [5.41, 5.74) is 0.381. The lowest BCUT2D eigenvalue weighted by Crippen LogP contribution is -2.49. The molecule has 4 fully saturated rings. The van der Waals surface area contributed by atoms with Crippen LogP contribution >= 0.6 is 22.6 Å². The Balaban J connectivity index is 1.61. The number of rotatable bonds is 5. The highest BCUT2D eigenvalue weighted by Gasteiger charge is 2.51. The van der Waals surface area contributed by atoms with Crippen LogP contribution in [-0.2, 0) is 4.79 Å². The lowest BCUT2D eigenvalue weighted by atomic mass is 9.49. The Morgan fingerprint density at radius 1 is 1.15 bits per heavy atom. The second-order valence-electron chi connectivity index (χ2n) is 8.17. The summed E-state index contributed by atoms with van der Waals surface area (Å²) in [6.45, 7) is 4.41. The molecule has 1 unspecified atom stereocenters. The van der Waals surface area contributed by atoms with Gasteiger partial charge in [-0.15, -0.1) is 0 Å². The molecule has 4 aliphatic rings. The van der Waals surface area contributed by atoms with E-state index in [1.165, 1.54) is 38.5 Å². The van der Waals surface area contributed by atoms with Crippen LogP contribution in [0.25, 0.3) is 0 Å². The molecule has 114 valence electrons. The van der Waals surface area contributed by atoms with E-state index in [0.717, 1.165) is 28.6 Å². The van der Waals surface area contributed by atoms with Crippen LogP contribution in [0.1, 0.15) is 58.8 Å². The van der Waals surface area contributed by atoms with Crippen LogP contribution in [0.5, 0.6) is 0 Å². The summed E-state index contributed by atoms with van der Waals surface area (Å²) in [4.78, 5) is 12.5. The molecule has 1 amide bonds. The van der Waals surface area contributed by atoms with Gasteiger partial charge in [-0.1, -0.05) is 36.4 Å². The minimum Gasteiger partial charge on any atom is -0.352 e. The zero-order chi connectivity index (χ0) is 14.3. The number of amides is 1. The lowest BCUT2D eigenvalue weighted by Gasteiger charge is -2.56. The maximum atomic E-state index is 12.5. The van der Waals surface area contributed by atoms with Crippen LogP contribution in [0.3, 0.4) is 0 Å². The second-order valence-corrected chi connectivity index (χ2v) is 9.05. The van der Waals surface area contributed by atoms with E-state index >= 15 is 0 Å². The smallest absolute Gasteiger partial charge is 0.220 e. The summed E-state index contributed by atoms with van der Waals surface area (Å²) < 4.78 is 1.02. The van der Waals surface area contributed by atoms with Crippen molar-refractivity contribution in [3.05, 3.63) is 0 Å². The number of alkyl halides is 1. The Labute approximate surface area is 137 Å². The van der Waals surface area contributed by atoms with Gasteiger partial charge in [0.1, 0.15) is 0 Å². The normalized spacial score (nSPS) is 40.1. The summed E-state index contributed by atoms with van der Waals surface area (Å²) in [7, 11) is 0. The second kappa shape index (κ2) is 5.77. The van der Waals surface area contributed by atoms with Crippen LogP contribution in [0, 0.1) is 29.1 Å². The van der Waals surface area contributed by atoms with Crippen molar-refractivity contribution in [1.29, 1.82) is 0 Å². The molecule has 0 aromatic rings. The first-order valence-electron chi connectivity index (χ1n) is 8.35. The van der Waals surface area contributed by atoms with Crippen LogP contribution < -0.4 is 5.32 Å². The van der Waals surface area contributed by atoms with E-state index in [0.29, 0.717) is 23.3 Å². The van der Waals surface area contributed by atoms with Gasteiger partial charge in [0.05, 0.1) is 0 Å². The third-order valence-corrected chi connectivity index (χ3v) is 6.97. The summed E-state index contributed by atoms with van der Waals surface area (Å²) in [6.07, 6.45) is 9.20. The van der Waals surface area contributed by atoms with Crippen LogP contribution in [0.2, 0.25) is 0 Å². The molecular weight excluding hydrogens is 361 g/mol. The summed E-state index contributed by atoms with van der Waals surface area (Å²) in [6, 6.07) is 0.344. The monoisotopic (exact) mass is 389 g/mol. The number of carbonyl (C=O) groups excluding carboxylic acids is 1. The van der Waals surface area contributed by atoms with Crippen LogP contribution in [0.15, 0.2) is 0 Å². The summed E-state index contributed by atoms with van der Waals surface area (Å²) >= 11 is 2.39. The van der Waals surface area contributed by atoms with Crippen molar-refractivity contribution in [3.8, 4) is 0 Å². The Kier molecular flexibility index (Phi) is 4.36. The molecule has 0 radical (unpaired) electrons. The Bertz CT molecular complexity index is 344. The van der Waals surface area contributed by atoms with Crippen LogP contribution in [-0.4, -0.2) is 16.4 Å². The molecule has 1 N–H and O–H groups in total. The minimum absolute atomic E-state index is 0.322. The van der Waals surface area contributed by atoms with E-state index < -0.39 is 0 Å². The molecule has 2 nitrogen and oxygen atoms in total. The zero-order valence-electron chi connectivity index (χ0n) is 12.8. The predicted molar refractivity (Wildman–Crippen MR) is 90.9 cm³/mol. The number of hydrogen-bond acceptors (Lipinski definition) is 1. The number of carbonyl (C=O) groups is 1. The fraction of sp³-hybridized carbons (Fsp3) is 0.941. The average Bonchev–Trinajstić information content (AvgIpc) is 2.33. The molecule has 0 aliphatic heterocycles. The summed E-state index contributed by atoms with van der Waals surface area (Å²) in [5.74, 6) is 3.69. The third-order valence-electron chi connectivity index (χ3n) is 6.02. The maximum absolute atomic E-state index is 12.5. The van der Waals surface area contributed by atoms with Gasteiger partial charge in [-0.05, 0) is 67.6 Å². The van der Waals surface area contributed by atoms with Crippen molar-refractivity contribution in [3.63, 3.8) is 0 Å². The van der Waals surface area contributed by atoms with Gasteiger partial charge in [-0.2, -0.15) is 0 Å². The molecule has 1 atom stereocenters. The van der Waals surface area contributed by atoms with Gasteiger partial charge < -0.3 is 5.32 Å². The van der Waals surface area contributed by atoms with Gasteiger partial charge in [0.25, 0.3) is 0 Å². The van der Waals surface area contributed by atoms with Crippen molar-refractivity contribution in [2.24, 2.45) is 29.1 Å². The van der Waals surface area contributed by atoms with Crippen molar-refractivity contribution >= 4 is 28.5 Å². The number of halogens is 1. The van der Waals surface area contributed by atoms with Gasteiger partial charge in [-0.25, -0.2) is 0 Å². The zero-order valence-corrected chi connectivity index (χ0v) is 15.0. The molecule has 0 aromatic heterocycles. The van der Waals surface area contributed by atoms with Crippen molar-refractivity contribution in [2.45, 2.75) is 64.8 Å². The first kappa shape index (κ1) is 15.1. The average molecular weight is 389 g/mol. The minimum atomic E-state index is 0.322. The fourth-order valence-corrected chi connectivity index (χ4v) is 6.73. The van der Waals surface area contributed by atoms with Gasteiger partial charge in [-0.3, -0.25) is 4.79 Å². The fourth-order valence-electron chi connectivity index (χ4n) is 5.49. The SMILES string of the molecule is CC(C)C(CI)NC(=O)CC12CC3CC(CC(C3)C1)C2. The first-order valence-corrected chi connectivity index (χ1v) is 9.87. The number of hydrogen-bond donors (Lipinski definition) is 1. The molecule has 0 spiro atoms. The van der Waals surface area contributed by atoms with Crippen LogP contribution in [0.4, 0.5) is 0 Å². The predicted octanol–water partition coefficient (Wildman–Crippen LogP) is 4.17. The largest absolute Gasteiger partial charge is 0.352 e. The number of nitrogens with one attached hydrogen (secondary N) is 1. The molecule has 0 heterocycles. The first-order chi connectivity index (χ1) is 9.49. The maximum Gasteiger partial charge on any atom is 0.220 e. The van der Waals surface area contributed by atoms with E-state index in [4.69, 9.17) is 0 Å². The molecule has 0 saturated heterocycles. The van der Waals surface area contributed by atoms with E-state index in [9.17, 15) is 4.79 Å². The topological polar surface area (TPSA) is 29.1 Å². The summed E-state index contributed by atoms with van der Waals surface area (Å²) in [5, 5.41) is 3.29. The Morgan fingerprint density at radius 3 is 2.05 bits per heavy atom. The lowest BCUT2D eigenvalue weighted by molar-refractivity contribution is -0.130. The Morgan fingerprint density at radius 2 is 1.65 bits per heavy atom. The van der Waals surface area contributed by atoms with E-state index in [1.807, 2.05) is 0 Å². The highest BCUT2D eigenvalue weighted by molar-refractivity contribution is 14.1. The molecule has 4 bridgehead atoms. The molecule has 4 rings (SSSR count). The van der Waals surface area contributed by atoms with E-state index in [1.54, 1.807) is 0 Å². The van der Waals surface area contributed by atoms with Crippen molar-refractivity contribution in [1.82, 2.24) is 5.32 Å². The highest BCUT2D eigenvalue weighted by atomic mass is 127. The van der Waals surface area contributed by atoms with Crippen molar-refractivity contribution in [2.75, 3.05) is 4.43 Å². The molecule has 4 saturated carbocycles. The quantitative estimate of drug-likeness (QED) is 0.555.